The molecule has 36 heavy (non-hydrogen) atoms. The molecule has 3 aromatic rings. The number of carbonyl (C=O) groups is 2. The maximum atomic E-state index is 13.7. The van der Waals surface area contributed by atoms with Crippen LogP contribution in [-0.2, 0) is 14.8 Å². The number of carbonyl (C=O) groups excluding carboxylic acids is 2. The molecule has 0 radical (unpaired) electrons. The van der Waals surface area contributed by atoms with Crippen molar-refractivity contribution in [2.45, 2.75) is 23.8 Å². The molecule has 0 spiro atoms. The van der Waals surface area contributed by atoms with E-state index in [9.17, 15) is 22.4 Å². The molecule has 1 atom stereocenters. The summed E-state index contributed by atoms with van der Waals surface area (Å²) in [7, 11) is -3.63. The van der Waals surface area contributed by atoms with Crippen LogP contribution in [0, 0.1) is 5.82 Å². The van der Waals surface area contributed by atoms with Crippen LogP contribution in [-0.4, -0.2) is 49.1 Å². The third-order valence-corrected chi connectivity index (χ3v) is 8.61. The summed E-state index contributed by atoms with van der Waals surface area (Å²) in [6.07, 6.45) is 1.65. The zero-order valence-electron chi connectivity index (χ0n) is 19.2. The van der Waals surface area contributed by atoms with E-state index in [0.717, 1.165) is 12.8 Å². The summed E-state index contributed by atoms with van der Waals surface area (Å²) >= 11 is 6.27. The van der Waals surface area contributed by atoms with Gasteiger partial charge in [-0.15, -0.1) is 0 Å². The minimum Gasteiger partial charge on any atom is -0.324 e. The van der Waals surface area contributed by atoms with Crippen molar-refractivity contribution in [1.82, 2.24) is 9.21 Å². The van der Waals surface area contributed by atoms with Gasteiger partial charge >= 0.3 is 0 Å². The largest absolute Gasteiger partial charge is 0.324 e. The Bertz CT molecular complexity index is 1420. The van der Waals surface area contributed by atoms with Crippen molar-refractivity contribution in [3.63, 3.8) is 0 Å². The van der Waals surface area contributed by atoms with Gasteiger partial charge in [-0.3, -0.25) is 9.59 Å². The monoisotopic (exact) mass is 527 g/mol. The number of halogens is 2. The quantitative estimate of drug-likeness (QED) is 0.543. The molecule has 5 rings (SSSR count). The summed E-state index contributed by atoms with van der Waals surface area (Å²) in [4.78, 5) is 28.0. The third-order valence-electron chi connectivity index (χ3n) is 6.46. The van der Waals surface area contributed by atoms with Crippen LogP contribution in [0.1, 0.15) is 40.4 Å². The van der Waals surface area contributed by atoms with Gasteiger partial charge in [-0.1, -0.05) is 23.7 Å². The number of nitrogens with one attached hydrogen (secondary N) is 1. The molecule has 1 N–H and O–H groups in total. The fourth-order valence-electron chi connectivity index (χ4n) is 4.68. The van der Waals surface area contributed by atoms with Crippen molar-refractivity contribution in [2.75, 3.05) is 25.0 Å². The first kappa shape index (κ1) is 24.4. The van der Waals surface area contributed by atoms with E-state index in [1.165, 1.54) is 45.6 Å². The molecule has 0 aromatic heterocycles. The summed E-state index contributed by atoms with van der Waals surface area (Å²) in [5.41, 5.74) is 1.90. The average Bonchev–Trinajstić information content (AvgIpc) is 3.37. The van der Waals surface area contributed by atoms with Crippen LogP contribution in [0.5, 0.6) is 0 Å². The van der Waals surface area contributed by atoms with Crippen molar-refractivity contribution in [3.05, 3.63) is 94.3 Å². The van der Waals surface area contributed by atoms with Gasteiger partial charge in [0.2, 0.25) is 15.9 Å². The molecular weight excluding hydrogens is 505 g/mol. The third kappa shape index (κ3) is 4.61. The van der Waals surface area contributed by atoms with E-state index < -0.39 is 33.7 Å². The van der Waals surface area contributed by atoms with Gasteiger partial charge in [-0.2, -0.15) is 4.31 Å². The number of anilines is 1. The summed E-state index contributed by atoms with van der Waals surface area (Å²) in [5, 5.41) is 3.22. The minimum atomic E-state index is -3.63. The van der Waals surface area contributed by atoms with Gasteiger partial charge in [-0.05, 0) is 73.0 Å². The number of sulfonamides is 1. The lowest BCUT2D eigenvalue weighted by Crippen LogP contribution is -2.39. The second-order valence-electron chi connectivity index (χ2n) is 8.80. The molecule has 7 nitrogen and oxygen atoms in total. The Kier molecular flexibility index (Phi) is 6.55. The molecule has 1 saturated heterocycles. The van der Waals surface area contributed by atoms with Crippen molar-refractivity contribution in [1.29, 1.82) is 0 Å². The Balaban J connectivity index is 1.54. The second-order valence-corrected chi connectivity index (χ2v) is 11.2. The number of benzene rings is 3. The Morgan fingerprint density at radius 3 is 2.31 bits per heavy atom. The van der Waals surface area contributed by atoms with Crippen LogP contribution in [0.4, 0.5) is 10.1 Å². The number of nitrogens with zero attached hydrogens (tertiary/aromatic N) is 2. The van der Waals surface area contributed by atoms with E-state index in [0.29, 0.717) is 34.9 Å². The molecular formula is C26H23ClFN3O4S. The van der Waals surface area contributed by atoms with Crippen LogP contribution >= 0.6 is 11.6 Å². The molecule has 10 heteroatoms. The minimum absolute atomic E-state index is 0.113. The van der Waals surface area contributed by atoms with Crippen molar-refractivity contribution >= 4 is 39.1 Å². The SMILES string of the molecule is O=C1CN(C(=O)c2ccc(S(=O)(=O)N3CCCC3)cc2)C(c2ccc(F)cc2)c2cc(Cl)ccc2N1. The van der Waals surface area contributed by atoms with Gasteiger partial charge in [0.15, 0.2) is 0 Å². The first-order chi connectivity index (χ1) is 17.2. The fourth-order valence-corrected chi connectivity index (χ4v) is 6.38. The van der Waals surface area contributed by atoms with E-state index in [1.807, 2.05) is 0 Å². The standard InChI is InChI=1S/C26H23ClFN3O4S/c27-19-7-12-23-22(15-19)25(17-3-8-20(28)9-4-17)31(16-24(32)29-23)26(33)18-5-10-21(11-6-18)36(34,35)30-13-1-2-14-30/h3-12,15,25H,1-2,13-14,16H2,(H,29,32). The number of hydrogen-bond acceptors (Lipinski definition) is 4. The predicted octanol–water partition coefficient (Wildman–Crippen LogP) is 4.45. The van der Waals surface area contributed by atoms with E-state index in [-0.39, 0.29) is 17.0 Å². The Morgan fingerprint density at radius 2 is 1.64 bits per heavy atom. The first-order valence-electron chi connectivity index (χ1n) is 11.5. The van der Waals surface area contributed by atoms with Crippen molar-refractivity contribution in [2.24, 2.45) is 0 Å². The summed E-state index contributed by atoms with van der Waals surface area (Å²) in [6, 6.07) is 15.7. The number of rotatable bonds is 4. The molecule has 0 saturated carbocycles. The molecule has 1 fully saturated rings. The molecule has 0 aliphatic carbocycles. The molecule has 2 aliphatic rings. The first-order valence-corrected chi connectivity index (χ1v) is 13.3. The lowest BCUT2D eigenvalue weighted by Gasteiger charge is -2.31. The zero-order chi connectivity index (χ0) is 25.4. The normalized spacial score (nSPS) is 18.4. The Labute approximate surface area is 213 Å². The van der Waals surface area contributed by atoms with E-state index in [2.05, 4.69) is 5.32 Å². The molecule has 0 bridgehead atoms. The summed E-state index contributed by atoms with van der Waals surface area (Å²) in [5.74, 6) is -1.30. The topological polar surface area (TPSA) is 86.8 Å². The zero-order valence-corrected chi connectivity index (χ0v) is 20.7. The highest BCUT2D eigenvalue weighted by Crippen LogP contribution is 2.38. The maximum absolute atomic E-state index is 13.7. The second kappa shape index (κ2) is 9.65. The molecule has 1 unspecified atom stereocenters. The van der Waals surface area contributed by atoms with E-state index >= 15 is 0 Å². The fraction of sp³-hybridized carbons (Fsp3) is 0.231. The molecule has 186 valence electrons. The predicted molar refractivity (Wildman–Crippen MR) is 134 cm³/mol. The molecule has 2 aliphatic heterocycles. The number of fused-ring (bicyclic) bond motifs is 1. The van der Waals surface area contributed by atoms with Gasteiger partial charge < -0.3 is 10.2 Å². The maximum Gasteiger partial charge on any atom is 0.255 e. The lowest BCUT2D eigenvalue weighted by molar-refractivity contribution is -0.117. The van der Waals surface area contributed by atoms with Crippen LogP contribution in [0.2, 0.25) is 5.02 Å². The van der Waals surface area contributed by atoms with Gasteiger partial charge in [0.05, 0.1) is 10.9 Å². The molecule has 3 aromatic carbocycles. The van der Waals surface area contributed by atoms with Gasteiger partial charge in [-0.25, -0.2) is 12.8 Å². The van der Waals surface area contributed by atoms with Crippen LogP contribution in [0.15, 0.2) is 71.6 Å². The highest BCUT2D eigenvalue weighted by atomic mass is 35.5. The summed E-state index contributed by atoms with van der Waals surface area (Å²) in [6.45, 7) is 0.696. The highest BCUT2D eigenvalue weighted by Gasteiger charge is 2.34. The van der Waals surface area contributed by atoms with Crippen LogP contribution < -0.4 is 5.32 Å². The highest BCUT2D eigenvalue weighted by molar-refractivity contribution is 7.89. The number of hydrogen-bond donors (Lipinski definition) is 1. The number of amides is 2. The summed E-state index contributed by atoms with van der Waals surface area (Å²) < 4.78 is 40.9. The molecule has 2 amide bonds. The molecule has 2 heterocycles. The van der Waals surface area contributed by atoms with Crippen LogP contribution in [0.25, 0.3) is 0 Å². The van der Waals surface area contributed by atoms with Gasteiger partial charge in [0.25, 0.3) is 5.91 Å². The lowest BCUT2D eigenvalue weighted by atomic mass is 9.95. The average molecular weight is 528 g/mol. The van der Waals surface area contributed by atoms with Gasteiger partial charge in [0.1, 0.15) is 12.4 Å². The Hall–Kier alpha value is -3.27. The Morgan fingerprint density at radius 1 is 0.972 bits per heavy atom. The smallest absolute Gasteiger partial charge is 0.255 e. The van der Waals surface area contributed by atoms with E-state index in [1.54, 1.807) is 30.3 Å². The van der Waals surface area contributed by atoms with E-state index in [4.69, 9.17) is 11.6 Å². The van der Waals surface area contributed by atoms with Crippen LogP contribution in [0.3, 0.4) is 0 Å². The van der Waals surface area contributed by atoms with Crippen molar-refractivity contribution in [3.8, 4) is 0 Å². The van der Waals surface area contributed by atoms with Gasteiger partial charge in [0, 0.05) is 34.9 Å². The van der Waals surface area contributed by atoms with Crippen molar-refractivity contribution < 1.29 is 22.4 Å².